The third-order valence-corrected chi connectivity index (χ3v) is 10.5. The van der Waals surface area contributed by atoms with Gasteiger partial charge in [-0.2, -0.15) is 5.26 Å². The molecule has 3 fully saturated rings. The van der Waals surface area contributed by atoms with Crippen molar-refractivity contribution >= 4 is 0 Å². The maximum Gasteiger partial charge on any atom is 0.0659 e. The minimum atomic E-state index is 0.280. The zero-order valence-electron chi connectivity index (χ0n) is 19.8. The molecule has 0 bridgehead atoms. The second-order valence-corrected chi connectivity index (χ2v) is 12.4. The molecule has 0 aromatic rings. The molecule has 4 rings (SSSR count). The van der Waals surface area contributed by atoms with E-state index >= 15 is 0 Å². The summed E-state index contributed by atoms with van der Waals surface area (Å²) in [5.74, 6) is 5.73. The van der Waals surface area contributed by atoms with E-state index in [2.05, 4.69) is 46.8 Å². The average molecular weight is 396 g/mol. The molecule has 0 N–H and O–H groups in total. The fourth-order valence-electron chi connectivity index (χ4n) is 8.80. The number of hydrogen-bond acceptors (Lipinski definition) is 1. The molecule has 0 radical (unpaired) electrons. The second-order valence-electron chi connectivity index (χ2n) is 12.4. The van der Waals surface area contributed by atoms with Gasteiger partial charge in [-0.15, -0.1) is 0 Å². The van der Waals surface area contributed by atoms with Gasteiger partial charge in [-0.1, -0.05) is 65.5 Å². The highest BCUT2D eigenvalue weighted by molar-refractivity contribution is 5.26. The first kappa shape index (κ1) is 21.5. The molecule has 1 heteroatoms. The molecule has 0 amide bonds. The van der Waals surface area contributed by atoms with Gasteiger partial charge in [0.25, 0.3) is 0 Å². The van der Waals surface area contributed by atoms with Crippen molar-refractivity contribution in [1.82, 2.24) is 0 Å². The summed E-state index contributed by atoms with van der Waals surface area (Å²) in [4.78, 5) is 0. The predicted molar refractivity (Wildman–Crippen MR) is 122 cm³/mol. The van der Waals surface area contributed by atoms with Gasteiger partial charge in [0, 0.05) is 0 Å². The highest BCUT2D eigenvalue weighted by Crippen LogP contribution is 2.67. The normalized spacial score (nSPS) is 45.0. The van der Waals surface area contributed by atoms with Crippen LogP contribution in [0.4, 0.5) is 0 Å². The molecule has 0 aliphatic heterocycles. The number of rotatable bonds is 5. The van der Waals surface area contributed by atoms with Crippen LogP contribution in [0.2, 0.25) is 0 Å². The van der Waals surface area contributed by atoms with Crippen LogP contribution in [0.3, 0.4) is 0 Å². The van der Waals surface area contributed by atoms with Crippen molar-refractivity contribution in [2.45, 2.75) is 105 Å². The van der Waals surface area contributed by atoms with Gasteiger partial charge in [-0.3, -0.25) is 0 Å². The molecule has 0 aromatic heterocycles. The average Bonchev–Trinajstić information content (AvgIpc) is 3.04. The maximum absolute atomic E-state index is 9.45. The summed E-state index contributed by atoms with van der Waals surface area (Å²) in [5, 5.41) is 9.45. The summed E-state index contributed by atoms with van der Waals surface area (Å²) in [7, 11) is 0. The smallest absolute Gasteiger partial charge is 0.0659 e. The van der Waals surface area contributed by atoms with E-state index in [1.54, 1.807) is 5.57 Å². The molecular formula is C28H45N. The molecule has 8 atom stereocenters. The fourth-order valence-corrected chi connectivity index (χ4v) is 8.80. The molecule has 0 spiro atoms. The van der Waals surface area contributed by atoms with E-state index < -0.39 is 0 Å². The quantitative estimate of drug-likeness (QED) is 0.431. The van der Waals surface area contributed by atoms with Gasteiger partial charge in [-0.25, -0.2) is 0 Å². The van der Waals surface area contributed by atoms with Crippen molar-refractivity contribution in [2.24, 2.45) is 52.3 Å². The second kappa shape index (κ2) is 8.05. The van der Waals surface area contributed by atoms with Crippen LogP contribution in [0, 0.1) is 63.6 Å². The number of nitriles is 1. The molecule has 3 saturated carbocycles. The summed E-state index contributed by atoms with van der Waals surface area (Å²) < 4.78 is 0. The van der Waals surface area contributed by atoms with Gasteiger partial charge in [0.15, 0.2) is 0 Å². The van der Waals surface area contributed by atoms with E-state index in [1.807, 2.05) is 0 Å². The zero-order valence-corrected chi connectivity index (χ0v) is 19.8. The number of allylic oxidation sites excluding steroid dienone is 2. The van der Waals surface area contributed by atoms with Crippen LogP contribution in [0.15, 0.2) is 11.6 Å². The highest BCUT2D eigenvalue weighted by Gasteiger charge is 2.59. The van der Waals surface area contributed by atoms with Crippen LogP contribution in [0.1, 0.15) is 105 Å². The van der Waals surface area contributed by atoms with Crippen molar-refractivity contribution in [3.63, 3.8) is 0 Å². The van der Waals surface area contributed by atoms with Crippen LogP contribution >= 0.6 is 0 Å². The molecule has 29 heavy (non-hydrogen) atoms. The third-order valence-electron chi connectivity index (χ3n) is 10.5. The Kier molecular flexibility index (Phi) is 5.96. The van der Waals surface area contributed by atoms with E-state index in [1.165, 1.54) is 57.8 Å². The Morgan fingerprint density at radius 3 is 2.55 bits per heavy atom. The third kappa shape index (κ3) is 3.62. The van der Waals surface area contributed by atoms with E-state index in [0.717, 1.165) is 48.3 Å². The van der Waals surface area contributed by atoms with Crippen molar-refractivity contribution in [3.05, 3.63) is 11.6 Å². The lowest BCUT2D eigenvalue weighted by Crippen LogP contribution is -2.50. The summed E-state index contributed by atoms with van der Waals surface area (Å²) >= 11 is 0. The van der Waals surface area contributed by atoms with Crippen LogP contribution in [0.25, 0.3) is 0 Å². The largest absolute Gasteiger partial charge is 0.198 e. The first-order valence-corrected chi connectivity index (χ1v) is 12.9. The molecule has 4 aliphatic rings. The van der Waals surface area contributed by atoms with Crippen LogP contribution < -0.4 is 0 Å². The van der Waals surface area contributed by atoms with E-state index in [9.17, 15) is 5.26 Å². The fraction of sp³-hybridized carbons (Fsp3) is 0.893. The summed E-state index contributed by atoms with van der Waals surface area (Å²) in [5.41, 5.74) is 2.65. The first-order chi connectivity index (χ1) is 13.8. The Bertz CT molecular complexity index is 668. The topological polar surface area (TPSA) is 23.8 Å². The molecule has 162 valence electrons. The number of nitrogens with zero attached hydrogens (tertiary/aromatic N) is 1. The van der Waals surface area contributed by atoms with Gasteiger partial charge in [0.2, 0.25) is 0 Å². The van der Waals surface area contributed by atoms with Gasteiger partial charge >= 0.3 is 0 Å². The van der Waals surface area contributed by atoms with E-state index in [0.29, 0.717) is 10.8 Å². The molecule has 1 nitrogen and oxygen atoms in total. The SMILES string of the molecule is CC(C)CCC[C@@H](C)[C@H]1CC[C@H]2C3CC=C4C[C@@H](C#N)CC[C@]4(C)[C@H]3CC[C@]12C. The Morgan fingerprint density at radius 2 is 1.83 bits per heavy atom. The van der Waals surface area contributed by atoms with Crippen molar-refractivity contribution in [2.75, 3.05) is 0 Å². The summed E-state index contributed by atoms with van der Waals surface area (Å²) in [6, 6.07) is 2.57. The van der Waals surface area contributed by atoms with Crippen LogP contribution in [0.5, 0.6) is 0 Å². The molecule has 0 aromatic carbocycles. The van der Waals surface area contributed by atoms with Gasteiger partial charge in [0.1, 0.15) is 0 Å². The van der Waals surface area contributed by atoms with Crippen molar-refractivity contribution in [3.8, 4) is 6.07 Å². The molecule has 1 unspecified atom stereocenters. The molecule has 4 aliphatic carbocycles. The van der Waals surface area contributed by atoms with Crippen LogP contribution in [-0.2, 0) is 0 Å². The lowest BCUT2D eigenvalue weighted by molar-refractivity contribution is -0.0515. The Balaban J connectivity index is 1.49. The summed E-state index contributed by atoms with van der Waals surface area (Å²) in [6.45, 7) is 12.6. The Morgan fingerprint density at radius 1 is 1.03 bits per heavy atom. The summed E-state index contributed by atoms with van der Waals surface area (Å²) in [6.07, 6.45) is 17.5. The highest BCUT2D eigenvalue weighted by atomic mass is 14.6. The van der Waals surface area contributed by atoms with Gasteiger partial charge in [0.05, 0.1) is 12.0 Å². The maximum atomic E-state index is 9.45. The zero-order chi connectivity index (χ0) is 20.8. The minimum Gasteiger partial charge on any atom is -0.198 e. The van der Waals surface area contributed by atoms with Crippen LogP contribution in [-0.4, -0.2) is 0 Å². The lowest BCUT2D eigenvalue weighted by Gasteiger charge is -2.58. The lowest BCUT2D eigenvalue weighted by atomic mass is 9.46. The Hall–Kier alpha value is -0.770. The monoisotopic (exact) mass is 395 g/mol. The standard InChI is InChI=1S/C28H45N/c1-19(2)7-6-8-20(3)24-11-12-25-23-10-9-22-17-21(18-29)13-15-27(22,4)26(23)14-16-28(24,25)5/h9,19-21,23-26H,6-8,10-17H2,1-5H3/t20-,21+,23?,24-,25+,26+,27+,28-/m1/s1. The van der Waals surface area contributed by atoms with E-state index in [-0.39, 0.29) is 5.92 Å². The van der Waals surface area contributed by atoms with Crippen molar-refractivity contribution in [1.29, 1.82) is 5.26 Å². The number of fused-ring (bicyclic) bond motifs is 5. The Labute approximate surface area is 180 Å². The van der Waals surface area contributed by atoms with Gasteiger partial charge < -0.3 is 0 Å². The van der Waals surface area contributed by atoms with Gasteiger partial charge in [-0.05, 0) is 97.7 Å². The number of hydrogen-bond donors (Lipinski definition) is 0. The molecule has 0 saturated heterocycles. The molecular weight excluding hydrogens is 350 g/mol. The van der Waals surface area contributed by atoms with E-state index in [4.69, 9.17) is 0 Å². The first-order valence-electron chi connectivity index (χ1n) is 12.9. The van der Waals surface area contributed by atoms with Crippen molar-refractivity contribution < 1.29 is 0 Å². The molecule has 0 heterocycles. The minimum absolute atomic E-state index is 0.280. The predicted octanol–water partition coefficient (Wildman–Crippen LogP) is 8.17.